The fourth-order valence-corrected chi connectivity index (χ4v) is 3.85. The Labute approximate surface area is 154 Å². The molecule has 1 aliphatic heterocycles. The zero-order valence-electron chi connectivity index (χ0n) is 14.9. The molecule has 4 rings (SSSR count). The summed E-state index contributed by atoms with van der Waals surface area (Å²) in [5.41, 5.74) is 3.50. The van der Waals surface area contributed by atoms with Gasteiger partial charge in [-0.05, 0) is 6.07 Å². The molecule has 0 fully saturated rings. The molecular weight excluding hydrogens is 320 g/mol. The summed E-state index contributed by atoms with van der Waals surface area (Å²) in [5, 5.41) is 10.2. The van der Waals surface area contributed by atoms with Crippen LogP contribution in [0.15, 0.2) is 84.9 Å². The molecule has 3 aromatic rings. The first-order valence-corrected chi connectivity index (χ1v) is 8.93. The van der Waals surface area contributed by atoms with E-state index in [1.807, 2.05) is 18.2 Å². The highest BCUT2D eigenvalue weighted by atomic mass is 16.3. The summed E-state index contributed by atoms with van der Waals surface area (Å²) in [4.78, 5) is 2.32. The van der Waals surface area contributed by atoms with Crippen LogP contribution in [0.2, 0.25) is 0 Å². The Morgan fingerprint density at radius 1 is 0.808 bits per heavy atom. The summed E-state index contributed by atoms with van der Waals surface area (Å²) in [6, 6.07) is 29.2. The molecule has 3 heteroatoms. The summed E-state index contributed by atoms with van der Waals surface area (Å²) in [7, 11) is 2.12. The van der Waals surface area contributed by atoms with Gasteiger partial charge in [-0.15, -0.1) is 0 Å². The van der Waals surface area contributed by atoms with Crippen LogP contribution in [0.5, 0.6) is 5.75 Å². The average Bonchev–Trinajstić information content (AvgIpc) is 3.01. The lowest BCUT2D eigenvalue weighted by Gasteiger charge is -2.24. The number of aromatic hydroxyl groups is 1. The molecule has 0 bridgehead atoms. The average molecular weight is 343 g/mol. The molecule has 0 radical (unpaired) electrons. The summed E-state index contributed by atoms with van der Waals surface area (Å²) >= 11 is 0. The molecule has 0 aromatic heterocycles. The lowest BCUT2D eigenvalue weighted by atomic mass is 9.93. The van der Waals surface area contributed by atoms with Crippen molar-refractivity contribution in [3.05, 3.63) is 102 Å². The Kier molecular flexibility index (Phi) is 4.44. The number of benzene rings is 3. The highest BCUT2D eigenvalue weighted by molar-refractivity contribution is 5.55. The van der Waals surface area contributed by atoms with Crippen molar-refractivity contribution in [2.45, 2.75) is 18.6 Å². The van der Waals surface area contributed by atoms with Crippen LogP contribution >= 0.6 is 0 Å². The first-order valence-electron chi connectivity index (χ1n) is 8.93. The van der Waals surface area contributed by atoms with Crippen LogP contribution in [0.3, 0.4) is 0 Å². The van der Waals surface area contributed by atoms with Crippen molar-refractivity contribution in [1.29, 1.82) is 0 Å². The van der Waals surface area contributed by atoms with E-state index in [1.165, 1.54) is 11.1 Å². The zero-order valence-corrected chi connectivity index (χ0v) is 14.9. The van der Waals surface area contributed by atoms with E-state index >= 15 is 0 Å². The van der Waals surface area contributed by atoms with Gasteiger partial charge in [0, 0.05) is 16.7 Å². The molecule has 130 valence electrons. The van der Waals surface area contributed by atoms with Crippen LogP contribution in [0.4, 0.5) is 0 Å². The van der Waals surface area contributed by atoms with Crippen molar-refractivity contribution in [2.24, 2.45) is 0 Å². The first kappa shape index (κ1) is 16.4. The third-order valence-corrected chi connectivity index (χ3v) is 5.05. The zero-order chi connectivity index (χ0) is 17.9. The molecule has 0 amide bonds. The van der Waals surface area contributed by atoms with E-state index in [0.717, 1.165) is 5.56 Å². The molecule has 0 unspecified atom stereocenters. The van der Waals surface area contributed by atoms with Gasteiger partial charge in [-0.25, -0.2) is 0 Å². The van der Waals surface area contributed by atoms with E-state index < -0.39 is 0 Å². The minimum absolute atomic E-state index is 0.184. The fourth-order valence-electron chi connectivity index (χ4n) is 3.85. The van der Waals surface area contributed by atoms with Crippen LogP contribution in [0.1, 0.15) is 28.8 Å². The molecule has 1 aliphatic rings. The van der Waals surface area contributed by atoms with Crippen molar-refractivity contribution < 1.29 is 9.68 Å². The number of rotatable bonds is 4. The molecule has 0 spiro atoms. The van der Waals surface area contributed by atoms with Gasteiger partial charge in [-0.1, -0.05) is 78.9 Å². The highest BCUT2D eigenvalue weighted by Crippen LogP contribution is 2.40. The maximum atomic E-state index is 10.2. The number of likely N-dealkylation sites (N-methyl/N-ethyl adjacent to an activating group) is 1. The van der Waals surface area contributed by atoms with Crippen LogP contribution in [0, 0.1) is 0 Å². The lowest BCUT2D eigenvalue weighted by Crippen LogP contribution is -2.26. The van der Waals surface area contributed by atoms with Gasteiger partial charge in [0.1, 0.15) is 12.3 Å². The largest absolute Gasteiger partial charge is 0.508 e. The molecule has 26 heavy (non-hydrogen) atoms. The number of hydrogen-bond acceptors (Lipinski definition) is 2. The van der Waals surface area contributed by atoms with Crippen LogP contribution < -0.4 is 0 Å². The smallest absolute Gasteiger partial charge is 0.235 e. The van der Waals surface area contributed by atoms with E-state index in [2.05, 4.69) is 83.5 Å². The summed E-state index contributed by atoms with van der Waals surface area (Å²) < 4.78 is 2.27. The number of nitrogens with zero attached hydrogens (tertiary/aromatic N) is 2. The molecule has 0 saturated heterocycles. The Morgan fingerprint density at radius 2 is 1.38 bits per heavy atom. The summed E-state index contributed by atoms with van der Waals surface area (Å²) in [6.07, 6.45) is 2.17. The van der Waals surface area contributed by atoms with Gasteiger partial charge in [0.25, 0.3) is 0 Å². The van der Waals surface area contributed by atoms with Gasteiger partial charge in [0.15, 0.2) is 12.1 Å². The van der Waals surface area contributed by atoms with Gasteiger partial charge in [0.05, 0.1) is 7.05 Å². The van der Waals surface area contributed by atoms with Gasteiger partial charge >= 0.3 is 0 Å². The molecule has 2 atom stereocenters. The molecule has 3 nitrogen and oxygen atoms in total. The van der Waals surface area contributed by atoms with Crippen molar-refractivity contribution >= 4 is 6.34 Å². The maximum Gasteiger partial charge on any atom is 0.235 e. The molecule has 1 heterocycles. The van der Waals surface area contributed by atoms with Gasteiger partial charge in [-0.3, -0.25) is 9.48 Å². The monoisotopic (exact) mass is 343 g/mol. The van der Waals surface area contributed by atoms with Crippen molar-refractivity contribution in [2.75, 3.05) is 7.05 Å². The Bertz CT molecular complexity index is 906. The maximum absolute atomic E-state index is 10.2. The quantitative estimate of drug-likeness (QED) is 0.713. The minimum atomic E-state index is 0.184. The van der Waals surface area contributed by atoms with E-state index in [-0.39, 0.29) is 12.1 Å². The topological polar surface area (TPSA) is 26.5 Å². The fraction of sp³-hybridized carbons (Fsp3) is 0.174. The summed E-state index contributed by atoms with van der Waals surface area (Å²) in [6.45, 7) is 0.667. The number of hydrogen-bond donors (Lipinski definition) is 1. The molecule has 1 N–H and O–H groups in total. The summed E-state index contributed by atoms with van der Waals surface area (Å²) in [5.74, 6) is 0.346. The number of phenols is 1. The molecular formula is C23H23N2O+. The van der Waals surface area contributed by atoms with Crippen molar-refractivity contribution in [3.63, 3.8) is 0 Å². The second-order valence-corrected chi connectivity index (χ2v) is 6.79. The molecule has 3 aromatic carbocycles. The van der Waals surface area contributed by atoms with E-state index in [9.17, 15) is 5.11 Å². The van der Waals surface area contributed by atoms with Gasteiger partial charge in [0.2, 0.25) is 6.34 Å². The van der Waals surface area contributed by atoms with E-state index in [1.54, 1.807) is 6.07 Å². The Balaban J connectivity index is 1.75. The Hall–Kier alpha value is -3.07. The molecule has 0 saturated carbocycles. The minimum Gasteiger partial charge on any atom is -0.508 e. The molecule has 0 aliphatic carbocycles. The van der Waals surface area contributed by atoms with Crippen molar-refractivity contribution in [3.8, 4) is 5.75 Å². The van der Waals surface area contributed by atoms with Crippen LogP contribution in [-0.2, 0) is 6.54 Å². The van der Waals surface area contributed by atoms with E-state index in [0.29, 0.717) is 12.3 Å². The third-order valence-electron chi connectivity index (χ3n) is 5.05. The lowest BCUT2D eigenvalue weighted by molar-refractivity contribution is -0.534. The normalized spacial score (nSPS) is 19.4. The van der Waals surface area contributed by atoms with Gasteiger partial charge < -0.3 is 5.11 Å². The highest BCUT2D eigenvalue weighted by Gasteiger charge is 2.42. The predicted octanol–water partition coefficient (Wildman–Crippen LogP) is 4.36. The van der Waals surface area contributed by atoms with Crippen LogP contribution in [-0.4, -0.2) is 28.0 Å². The second-order valence-electron chi connectivity index (χ2n) is 6.79. The third kappa shape index (κ3) is 3.08. The standard InChI is InChI=1S/C23H22N2O/c1-24-17-25(16-20-14-8-9-15-21(20)26)23(19-12-6-3-7-13-19)22(24)18-10-4-2-5-11-18/h2-15,17,22-23H,16H2,1H3/p+1/t22-,23-/m0/s1. The van der Waals surface area contributed by atoms with E-state index in [4.69, 9.17) is 0 Å². The second kappa shape index (κ2) is 7.04. The van der Waals surface area contributed by atoms with Crippen LogP contribution in [0.25, 0.3) is 0 Å². The van der Waals surface area contributed by atoms with Crippen molar-refractivity contribution in [1.82, 2.24) is 4.90 Å². The first-order chi connectivity index (χ1) is 12.7. The SMILES string of the molecule is C[N+]1=CN(Cc2ccccc2O)[C@@H](c2ccccc2)[C@@H]1c1ccccc1. The number of phenolic OH excluding ortho intramolecular Hbond substituents is 1. The Morgan fingerprint density at radius 3 is 2.04 bits per heavy atom. The van der Waals surface area contributed by atoms with Gasteiger partial charge in [-0.2, -0.15) is 0 Å². The predicted molar refractivity (Wildman–Crippen MR) is 104 cm³/mol. The number of para-hydroxylation sites is 1.